The third-order valence-electron chi connectivity index (χ3n) is 3.71. The number of Topliss-reactive ketones (excluding diaryl/α,β-unsaturated/α-hetero) is 1. The number of unbranched alkanes of at least 4 members (excludes halogenated alkanes) is 2. The molecule has 1 aliphatic rings. The quantitative estimate of drug-likeness (QED) is 0.668. The van der Waals surface area contributed by atoms with E-state index in [4.69, 9.17) is 0 Å². The van der Waals surface area contributed by atoms with Gasteiger partial charge in [-0.15, -0.1) is 0 Å². The summed E-state index contributed by atoms with van der Waals surface area (Å²) in [4.78, 5) is 24.0. The molecular weight excluding hydrogens is 256 g/mol. The van der Waals surface area contributed by atoms with Gasteiger partial charge in [-0.05, 0) is 18.8 Å². The van der Waals surface area contributed by atoms with E-state index in [1.54, 1.807) is 0 Å². The van der Waals surface area contributed by atoms with Crippen molar-refractivity contribution >= 4 is 22.7 Å². The second kappa shape index (κ2) is 7.47. The lowest BCUT2D eigenvalue weighted by Gasteiger charge is -2.20. The molecule has 110 valence electrons. The molecule has 0 radical (unpaired) electrons. The summed E-state index contributed by atoms with van der Waals surface area (Å²) in [6.45, 7) is 8.37. The lowest BCUT2D eigenvalue weighted by atomic mass is 9.88. The number of carbonyl (C=O) groups is 2. The molecule has 0 aromatic heterocycles. The summed E-state index contributed by atoms with van der Waals surface area (Å²) in [5, 5.41) is 0.257. The fraction of sp³-hybridized carbons (Fsp3) is 0.875. The maximum atomic E-state index is 12.0. The molecule has 1 rings (SSSR count). The number of hydrogen-bond acceptors (Lipinski definition) is 3. The van der Waals surface area contributed by atoms with Crippen molar-refractivity contribution in [2.75, 3.05) is 0 Å². The number of rotatable bonds is 6. The first-order valence-corrected chi connectivity index (χ1v) is 8.39. The van der Waals surface area contributed by atoms with E-state index in [1.165, 1.54) is 24.6 Å². The van der Waals surface area contributed by atoms with Crippen LogP contribution in [-0.4, -0.2) is 15.6 Å². The first kappa shape index (κ1) is 16.7. The number of ketones is 1. The summed E-state index contributed by atoms with van der Waals surface area (Å²) in [7, 11) is 0. The van der Waals surface area contributed by atoms with Crippen molar-refractivity contribution in [3.05, 3.63) is 0 Å². The van der Waals surface area contributed by atoms with Gasteiger partial charge in [0.15, 0.2) is 5.12 Å². The van der Waals surface area contributed by atoms with Crippen LogP contribution in [0.2, 0.25) is 0 Å². The summed E-state index contributed by atoms with van der Waals surface area (Å²) in [6, 6.07) is 0. The zero-order valence-corrected chi connectivity index (χ0v) is 13.6. The van der Waals surface area contributed by atoms with Crippen molar-refractivity contribution in [2.24, 2.45) is 11.8 Å². The Morgan fingerprint density at radius 1 is 1.32 bits per heavy atom. The predicted octanol–water partition coefficient (Wildman–Crippen LogP) is 4.61. The van der Waals surface area contributed by atoms with E-state index in [0.717, 1.165) is 19.3 Å². The summed E-state index contributed by atoms with van der Waals surface area (Å²) >= 11 is 1.42. The smallest absolute Gasteiger partial charge is 0.189 e. The fourth-order valence-corrected chi connectivity index (χ4v) is 3.81. The van der Waals surface area contributed by atoms with Gasteiger partial charge in [0.25, 0.3) is 0 Å². The molecule has 0 bridgehead atoms. The Bertz CT molecular complexity index is 317. The highest BCUT2D eigenvalue weighted by molar-refractivity contribution is 8.14. The van der Waals surface area contributed by atoms with Crippen LogP contribution in [0.1, 0.15) is 72.6 Å². The van der Waals surface area contributed by atoms with Crippen molar-refractivity contribution in [3.63, 3.8) is 0 Å². The van der Waals surface area contributed by atoms with Crippen LogP contribution < -0.4 is 0 Å². The minimum absolute atomic E-state index is 0.0165. The van der Waals surface area contributed by atoms with Gasteiger partial charge in [0.2, 0.25) is 0 Å². The maximum absolute atomic E-state index is 12.0. The maximum Gasteiger partial charge on any atom is 0.189 e. The van der Waals surface area contributed by atoms with Gasteiger partial charge in [0, 0.05) is 23.5 Å². The topological polar surface area (TPSA) is 34.1 Å². The minimum atomic E-state index is -0.0165. The minimum Gasteiger partial charge on any atom is -0.299 e. The molecule has 3 heteroatoms. The highest BCUT2D eigenvalue weighted by Gasteiger charge is 2.35. The molecule has 19 heavy (non-hydrogen) atoms. The van der Waals surface area contributed by atoms with Gasteiger partial charge in [-0.3, -0.25) is 9.59 Å². The van der Waals surface area contributed by atoms with Crippen LogP contribution in [0.4, 0.5) is 0 Å². The van der Waals surface area contributed by atoms with E-state index >= 15 is 0 Å². The van der Waals surface area contributed by atoms with Crippen molar-refractivity contribution in [1.29, 1.82) is 0 Å². The second-order valence-electron chi connectivity index (χ2n) is 6.66. The third-order valence-corrected chi connectivity index (χ3v) is 4.72. The molecule has 1 fully saturated rings. The van der Waals surface area contributed by atoms with E-state index in [0.29, 0.717) is 24.5 Å². The number of hydrogen-bond donors (Lipinski definition) is 0. The highest BCUT2D eigenvalue weighted by atomic mass is 32.2. The lowest BCUT2D eigenvalue weighted by Crippen LogP contribution is -2.19. The molecule has 0 amide bonds. The zero-order valence-electron chi connectivity index (χ0n) is 12.8. The molecule has 0 saturated heterocycles. The van der Waals surface area contributed by atoms with Crippen LogP contribution in [0.25, 0.3) is 0 Å². The highest BCUT2D eigenvalue weighted by Crippen LogP contribution is 2.37. The lowest BCUT2D eigenvalue weighted by molar-refractivity contribution is -0.121. The van der Waals surface area contributed by atoms with Gasteiger partial charge in [-0.1, -0.05) is 58.7 Å². The Morgan fingerprint density at radius 2 is 2.00 bits per heavy atom. The standard InChI is InChI=1S/C16H28O2S/c1-5-6-7-8-13-12(9-10-14(13)17)11-15(18)19-16(2,3)4/h12-13H,5-11H2,1-4H3. The van der Waals surface area contributed by atoms with Crippen molar-refractivity contribution in [3.8, 4) is 0 Å². The normalized spacial score (nSPS) is 23.9. The fourth-order valence-electron chi connectivity index (χ4n) is 2.83. The Hall–Kier alpha value is -0.310. The van der Waals surface area contributed by atoms with Crippen LogP contribution in [0.15, 0.2) is 0 Å². The molecule has 0 aliphatic heterocycles. The number of carbonyl (C=O) groups excluding carboxylic acids is 2. The Labute approximate surface area is 122 Å². The van der Waals surface area contributed by atoms with Crippen LogP contribution in [0.5, 0.6) is 0 Å². The van der Waals surface area contributed by atoms with Crippen molar-refractivity contribution in [1.82, 2.24) is 0 Å². The Balaban J connectivity index is 2.46. The molecule has 2 nitrogen and oxygen atoms in total. The average Bonchev–Trinajstić information content (AvgIpc) is 2.59. The summed E-state index contributed by atoms with van der Waals surface area (Å²) < 4.78 is -0.0165. The molecule has 0 aromatic carbocycles. The molecular formula is C16H28O2S. The monoisotopic (exact) mass is 284 g/mol. The van der Waals surface area contributed by atoms with Crippen LogP contribution >= 0.6 is 11.8 Å². The predicted molar refractivity (Wildman–Crippen MR) is 82.3 cm³/mol. The molecule has 0 spiro atoms. The van der Waals surface area contributed by atoms with Gasteiger partial charge in [-0.25, -0.2) is 0 Å². The molecule has 2 atom stereocenters. The van der Waals surface area contributed by atoms with Gasteiger partial charge in [0.05, 0.1) is 0 Å². The van der Waals surface area contributed by atoms with Crippen LogP contribution in [0.3, 0.4) is 0 Å². The molecule has 1 aliphatic carbocycles. The Kier molecular flexibility index (Phi) is 6.58. The summed E-state index contributed by atoms with van der Waals surface area (Å²) in [5.41, 5.74) is 0. The molecule has 0 N–H and O–H groups in total. The first-order valence-electron chi connectivity index (χ1n) is 7.58. The van der Waals surface area contributed by atoms with Crippen LogP contribution in [-0.2, 0) is 9.59 Å². The van der Waals surface area contributed by atoms with Gasteiger partial charge >= 0.3 is 0 Å². The van der Waals surface area contributed by atoms with Crippen LogP contribution in [0, 0.1) is 11.8 Å². The largest absolute Gasteiger partial charge is 0.299 e. The Morgan fingerprint density at radius 3 is 2.58 bits per heavy atom. The van der Waals surface area contributed by atoms with Crippen molar-refractivity contribution in [2.45, 2.75) is 77.4 Å². The van der Waals surface area contributed by atoms with Gasteiger partial charge < -0.3 is 0 Å². The molecule has 0 heterocycles. The number of thioether (sulfide) groups is 1. The van der Waals surface area contributed by atoms with E-state index < -0.39 is 0 Å². The van der Waals surface area contributed by atoms with Gasteiger partial charge in [-0.2, -0.15) is 0 Å². The summed E-state index contributed by atoms with van der Waals surface area (Å²) in [5.74, 6) is 0.873. The van der Waals surface area contributed by atoms with E-state index in [2.05, 4.69) is 27.7 Å². The summed E-state index contributed by atoms with van der Waals surface area (Å²) in [6.07, 6.45) is 6.70. The first-order chi connectivity index (χ1) is 8.83. The second-order valence-corrected chi connectivity index (χ2v) is 8.54. The molecule has 0 aromatic rings. The van der Waals surface area contributed by atoms with Gasteiger partial charge in [0.1, 0.15) is 5.78 Å². The SMILES string of the molecule is CCCCCC1C(=O)CCC1CC(=O)SC(C)(C)C. The molecule has 1 saturated carbocycles. The zero-order chi connectivity index (χ0) is 14.5. The average molecular weight is 284 g/mol. The van der Waals surface area contributed by atoms with E-state index in [-0.39, 0.29) is 15.8 Å². The molecule has 2 unspecified atom stereocenters. The van der Waals surface area contributed by atoms with E-state index in [9.17, 15) is 9.59 Å². The van der Waals surface area contributed by atoms with Crippen molar-refractivity contribution < 1.29 is 9.59 Å². The van der Waals surface area contributed by atoms with E-state index in [1.807, 2.05) is 0 Å². The third kappa shape index (κ3) is 6.11.